The number of aliphatic hydroxyl groups excluding tert-OH is 1. The van der Waals surface area contributed by atoms with E-state index >= 15 is 0 Å². The van der Waals surface area contributed by atoms with E-state index in [4.69, 9.17) is 4.84 Å². The van der Waals surface area contributed by atoms with Crippen LogP contribution in [-0.2, 0) is 4.84 Å². The lowest BCUT2D eigenvalue weighted by Crippen LogP contribution is -2.54. The van der Waals surface area contributed by atoms with Crippen LogP contribution in [0.3, 0.4) is 0 Å². The predicted molar refractivity (Wildman–Crippen MR) is 154 cm³/mol. The average Bonchev–Trinajstić information content (AvgIpc) is 3.22. The third kappa shape index (κ3) is 7.40. The number of hydrogen-bond acceptors (Lipinski definition) is 5. The molecular weight excluding hydrogens is 533 g/mol. The van der Waals surface area contributed by atoms with Crippen LogP contribution < -0.4 is 5.32 Å². The Kier molecular flexibility index (Phi) is 9.76. The van der Waals surface area contributed by atoms with Crippen molar-refractivity contribution in [3.63, 3.8) is 0 Å². The number of nitrogens with one attached hydrogen (secondary N) is 1. The standard InChI is InChI=1S/C31H54F3N4O3/c1-21(36-41-28(40)37(20-31(32,33)34)17-15-35-16-18-38(4,5)6)25-9-10-26-24-8-7-22-19-23(39)11-13-29(22,2)27(24)12-14-30(25,26)3/h22-27,35,39H,7-20H2,1-6H3/q+1/b36-21+/t22-,23-,24+,25-,26+,27+,29+,30-/m1/s1. The number of nitrogens with zero attached hydrogens (tertiary/aromatic N) is 3. The second-order valence-electron chi connectivity index (χ2n) is 15.2. The number of oxime groups is 1. The molecule has 7 nitrogen and oxygen atoms in total. The van der Waals surface area contributed by atoms with Crippen molar-refractivity contribution in [3.8, 4) is 0 Å². The van der Waals surface area contributed by atoms with Gasteiger partial charge in [0.25, 0.3) is 0 Å². The Labute approximate surface area is 244 Å². The number of aliphatic hydroxyl groups is 1. The molecule has 8 atom stereocenters. The number of halogens is 3. The molecule has 0 spiro atoms. The minimum atomic E-state index is -4.52. The quantitative estimate of drug-likeness (QED) is 0.120. The third-order valence-corrected chi connectivity index (χ3v) is 11.6. The molecule has 41 heavy (non-hydrogen) atoms. The predicted octanol–water partition coefficient (Wildman–Crippen LogP) is 5.68. The molecule has 0 radical (unpaired) electrons. The minimum absolute atomic E-state index is 0.0552. The second-order valence-corrected chi connectivity index (χ2v) is 15.2. The summed E-state index contributed by atoms with van der Waals surface area (Å²) in [6, 6.07) is 0. The summed E-state index contributed by atoms with van der Waals surface area (Å²) in [5, 5.41) is 17.6. The van der Waals surface area contributed by atoms with Crippen molar-refractivity contribution in [2.24, 2.45) is 45.6 Å². The van der Waals surface area contributed by atoms with Crippen LogP contribution in [0.25, 0.3) is 0 Å². The van der Waals surface area contributed by atoms with E-state index in [1.54, 1.807) is 0 Å². The number of fused-ring (bicyclic) bond motifs is 5. The number of hydrogen-bond donors (Lipinski definition) is 2. The topological polar surface area (TPSA) is 74.2 Å². The van der Waals surface area contributed by atoms with Gasteiger partial charge in [-0.2, -0.15) is 13.2 Å². The maximum atomic E-state index is 13.2. The molecule has 0 aromatic carbocycles. The lowest BCUT2D eigenvalue weighted by molar-refractivity contribution is -0.869. The van der Waals surface area contributed by atoms with Crippen molar-refractivity contribution in [3.05, 3.63) is 0 Å². The van der Waals surface area contributed by atoms with Gasteiger partial charge in [-0.3, -0.25) is 9.74 Å². The van der Waals surface area contributed by atoms with Crippen LogP contribution in [0.15, 0.2) is 5.16 Å². The van der Waals surface area contributed by atoms with Crippen LogP contribution in [0.4, 0.5) is 18.0 Å². The van der Waals surface area contributed by atoms with Crippen molar-refractivity contribution < 1.29 is 32.4 Å². The molecule has 0 bridgehead atoms. The van der Waals surface area contributed by atoms with Crippen LogP contribution in [0.2, 0.25) is 0 Å². The van der Waals surface area contributed by atoms with Crippen LogP contribution >= 0.6 is 0 Å². The molecule has 0 saturated heterocycles. The summed E-state index contributed by atoms with van der Waals surface area (Å²) in [5.74, 6) is 2.71. The van der Waals surface area contributed by atoms with Gasteiger partial charge in [-0.15, -0.1) is 0 Å². The second kappa shape index (κ2) is 12.3. The van der Waals surface area contributed by atoms with E-state index < -0.39 is 18.8 Å². The molecule has 0 heterocycles. The maximum absolute atomic E-state index is 13.2. The van der Waals surface area contributed by atoms with E-state index in [0.29, 0.717) is 40.5 Å². The van der Waals surface area contributed by atoms with E-state index in [1.807, 2.05) is 28.1 Å². The highest BCUT2D eigenvalue weighted by Gasteiger charge is 2.60. The summed E-state index contributed by atoms with van der Waals surface area (Å²) in [6.45, 7) is 6.96. The number of likely N-dealkylation sites (N-methyl/N-ethyl adjacent to an activating group) is 1. The molecule has 0 unspecified atom stereocenters. The van der Waals surface area contributed by atoms with Crippen LogP contribution in [0.1, 0.15) is 78.6 Å². The normalized spacial score (nSPS) is 37.7. The highest BCUT2D eigenvalue weighted by atomic mass is 19.4. The van der Waals surface area contributed by atoms with Gasteiger partial charge in [-0.05, 0) is 99.2 Å². The van der Waals surface area contributed by atoms with E-state index in [1.165, 1.54) is 19.3 Å². The molecule has 1 amide bonds. The zero-order valence-electron chi connectivity index (χ0n) is 26.1. The summed E-state index contributed by atoms with van der Waals surface area (Å²) in [5.41, 5.74) is 1.08. The number of carbonyl (C=O) groups is 1. The van der Waals surface area contributed by atoms with E-state index in [2.05, 4.69) is 24.3 Å². The average molecular weight is 588 g/mol. The van der Waals surface area contributed by atoms with Crippen LogP contribution in [-0.4, -0.2) is 92.4 Å². The minimum Gasteiger partial charge on any atom is -0.393 e. The smallest absolute Gasteiger partial charge is 0.393 e. The molecule has 4 rings (SSSR count). The van der Waals surface area contributed by atoms with Crippen molar-refractivity contribution in [1.82, 2.24) is 10.2 Å². The molecule has 2 N–H and O–H groups in total. The number of rotatable bonds is 9. The fourth-order valence-corrected chi connectivity index (χ4v) is 9.36. The molecule has 4 aliphatic rings. The summed E-state index contributed by atoms with van der Waals surface area (Å²) in [6.07, 6.45) is 4.01. The first-order valence-corrected chi connectivity index (χ1v) is 15.8. The molecular formula is C31H54F3N4O3+. The van der Waals surface area contributed by atoms with Crippen molar-refractivity contribution >= 4 is 11.8 Å². The van der Waals surface area contributed by atoms with E-state index in [9.17, 15) is 23.1 Å². The SMILES string of the molecule is C/C(=N\OC(=O)N(CCNCC[N+](C)(C)C)CC(F)(F)F)[C@H]1CC[C@H]2[C@@H]3CC[C@@H]4C[C@H](O)CC[C@]4(C)[C@H]3CC[C@]12C. The van der Waals surface area contributed by atoms with Gasteiger partial charge in [0.1, 0.15) is 6.54 Å². The van der Waals surface area contributed by atoms with Crippen molar-refractivity contribution in [2.45, 2.75) is 90.8 Å². The monoisotopic (exact) mass is 587 g/mol. The van der Waals surface area contributed by atoms with E-state index in [-0.39, 0.29) is 30.5 Å². The van der Waals surface area contributed by atoms with Crippen molar-refractivity contribution in [2.75, 3.05) is 53.9 Å². The Hall–Kier alpha value is -1.39. The molecule has 0 aromatic rings. The number of amides is 1. The molecule has 236 valence electrons. The molecule has 4 aliphatic carbocycles. The van der Waals surface area contributed by atoms with Gasteiger partial charge in [-0.1, -0.05) is 19.0 Å². The van der Waals surface area contributed by atoms with Gasteiger partial charge >= 0.3 is 12.3 Å². The third-order valence-electron chi connectivity index (χ3n) is 11.6. The molecule has 4 saturated carbocycles. The van der Waals surface area contributed by atoms with Gasteiger partial charge in [0.05, 0.1) is 39.5 Å². The van der Waals surface area contributed by atoms with Crippen LogP contribution in [0, 0.1) is 40.4 Å². The van der Waals surface area contributed by atoms with Gasteiger partial charge in [-0.25, -0.2) is 4.79 Å². The summed E-state index contributed by atoms with van der Waals surface area (Å²) < 4.78 is 40.5. The summed E-state index contributed by atoms with van der Waals surface area (Å²) in [4.78, 5) is 18.6. The first kappa shape index (κ1) is 32.5. The Balaban J connectivity index is 1.37. The molecule has 10 heteroatoms. The number of carbonyl (C=O) groups excluding carboxylic acids is 1. The lowest BCUT2D eigenvalue weighted by atomic mass is 9.44. The zero-order valence-corrected chi connectivity index (χ0v) is 26.1. The largest absolute Gasteiger partial charge is 0.436 e. The fourth-order valence-electron chi connectivity index (χ4n) is 9.36. The Morgan fingerprint density at radius 1 is 1.02 bits per heavy atom. The number of quaternary nitrogens is 1. The van der Waals surface area contributed by atoms with E-state index in [0.717, 1.165) is 55.3 Å². The molecule has 0 aliphatic heterocycles. The lowest BCUT2D eigenvalue weighted by Gasteiger charge is -2.61. The molecule has 0 aromatic heterocycles. The van der Waals surface area contributed by atoms with Gasteiger partial charge in [0.2, 0.25) is 0 Å². The van der Waals surface area contributed by atoms with Crippen molar-refractivity contribution in [1.29, 1.82) is 0 Å². The number of alkyl halides is 3. The van der Waals surface area contributed by atoms with Gasteiger partial charge in [0, 0.05) is 25.6 Å². The first-order valence-electron chi connectivity index (χ1n) is 15.8. The summed E-state index contributed by atoms with van der Waals surface area (Å²) >= 11 is 0. The highest BCUT2D eigenvalue weighted by Crippen LogP contribution is 2.67. The Morgan fingerprint density at radius 3 is 2.39 bits per heavy atom. The molecule has 4 fully saturated rings. The van der Waals surface area contributed by atoms with Crippen LogP contribution in [0.5, 0.6) is 0 Å². The Bertz CT molecular complexity index is 954. The fraction of sp³-hybridized carbons (Fsp3) is 0.935. The Morgan fingerprint density at radius 2 is 1.71 bits per heavy atom. The van der Waals surface area contributed by atoms with Gasteiger partial charge < -0.3 is 14.9 Å². The highest BCUT2D eigenvalue weighted by molar-refractivity contribution is 5.85. The first-order chi connectivity index (χ1) is 19.0. The van der Waals surface area contributed by atoms with Gasteiger partial charge in [0.15, 0.2) is 0 Å². The zero-order chi connectivity index (χ0) is 30.2. The summed E-state index contributed by atoms with van der Waals surface area (Å²) in [7, 11) is 6.13. The maximum Gasteiger partial charge on any atom is 0.436 e.